The van der Waals surface area contributed by atoms with Crippen molar-refractivity contribution in [3.63, 3.8) is 0 Å². The number of hydrogen-bond donors (Lipinski definition) is 1. The largest absolute Gasteiger partial charge is 0.319 e. The van der Waals surface area contributed by atoms with Crippen LogP contribution in [0.4, 0.5) is 0 Å². The van der Waals surface area contributed by atoms with Gasteiger partial charge in [0, 0.05) is 12.4 Å². The third-order valence-electron chi connectivity index (χ3n) is 3.41. The molecule has 1 saturated carbocycles. The Labute approximate surface area is 93.7 Å². The SMILES string of the molecule is NC1(c2nnc3cnccn23)CCCCC1. The summed E-state index contributed by atoms with van der Waals surface area (Å²) in [5.41, 5.74) is 6.91. The van der Waals surface area contributed by atoms with Crippen molar-refractivity contribution in [1.82, 2.24) is 19.6 Å². The summed E-state index contributed by atoms with van der Waals surface area (Å²) in [7, 11) is 0. The van der Waals surface area contributed by atoms with E-state index in [1.165, 1.54) is 19.3 Å². The Bertz CT molecular complexity index is 498. The molecule has 0 radical (unpaired) electrons. The number of nitrogens with zero attached hydrogens (tertiary/aromatic N) is 4. The van der Waals surface area contributed by atoms with Gasteiger partial charge < -0.3 is 5.73 Å². The average molecular weight is 217 g/mol. The van der Waals surface area contributed by atoms with Crippen LogP contribution < -0.4 is 5.73 Å². The van der Waals surface area contributed by atoms with E-state index in [9.17, 15) is 0 Å². The smallest absolute Gasteiger partial charge is 0.179 e. The van der Waals surface area contributed by atoms with E-state index in [1.54, 1.807) is 12.4 Å². The fourth-order valence-electron chi connectivity index (χ4n) is 2.50. The van der Waals surface area contributed by atoms with E-state index in [4.69, 9.17) is 5.73 Å². The molecule has 84 valence electrons. The predicted octanol–water partition coefficient (Wildman–Crippen LogP) is 1.24. The Morgan fingerprint density at radius 1 is 1.19 bits per heavy atom. The molecule has 0 atom stereocenters. The standard InChI is InChI=1S/C11H15N5/c12-11(4-2-1-3-5-11)10-15-14-9-8-13-6-7-16(9)10/h6-8H,1-5,12H2. The molecule has 5 nitrogen and oxygen atoms in total. The van der Waals surface area contributed by atoms with Crippen LogP contribution in [0.15, 0.2) is 18.6 Å². The third-order valence-corrected chi connectivity index (χ3v) is 3.41. The van der Waals surface area contributed by atoms with Gasteiger partial charge in [0.25, 0.3) is 0 Å². The quantitative estimate of drug-likeness (QED) is 0.780. The Kier molecular flexibility index (Phi) is 2.14. The Morgan fingerprint density at radius 2 is 2.00 bits per heavy atom. The van der Waals surface area contributed by atoms with Crippen molar-refractivity contribution in [1.29, 1.82) is 0 Å². The fourth-order valence-corrected chi connectivity index (χ4v) is 2.50. The minimum atomic E-state index is -0.307. The third kappa shape index (κ3) is 1.39. The van der Waals surface area contributed by atoms with Crippen LogP contribution in [0.25, 0.3) is 5.65 Å². The Hall–Kier alpha value is -1.49. The van der Waals surface area contributed by atoms with Crippen molar-refractivity contribution in [3.05, 3.63) is 24.4 Å². The second kappa shape index (κ2) is 3.52. The molecule has 5 heteroatoms. The van der Waals surface area contributed by atoms with Gasteiger partial charge in [-0.15, -0.1) is 10.2 Å². The lowest BCUT2D eigenvalue weighted by molar-refractivity contribution is 0.285. The van der Waals surface area contributed by atoms with Crippen molar-refractivity contribution >= 4 is 5.65 Å². The number of hydrogen-bond acceptors (Lipinski definition) is 4. The van der Waals surface area contributed by atoms with Gasteiger partial charge in [0.1, 0.15) is 0 Å². The van der Waals surface area contributed by atoms with Crippen LogP contribution >= 0.6 is 0 Å². The second-order valence-electron chi connectivity index (χ2n) is 4.54. The second-order valence-corrected chi connectivity index (χ2v) is 4.54. The zero-order valence-corrected chi connectivity index (χ0v) is 9.13. The van der Waals surface area contributed by atoms with Crippen molar-refractivity contribution in [2.24, 2.45) is 5.73 Å². The first-order valence-electron chi connectivity index (χ1n) is 5.74. The summed E-state index contributed by atoms with van der Waals surface area (Å²) in [6.45, 7) is 0. The van der Waals surface area contributed by atoms with Gasteiger partial charge in [-0.3, -0.25) is 9.38 Å². The minimum absolute atomic E-state index is 0.307. The molecule has 0 aliphatic heterocycles. The molecule has 0 aromatic carbocycles. The molecule has 0 unspecified atom stereocenters. The molecule has 2 aromatic heterocycles. The van der Waals surface area contributed by atoms with E-state index in [0.29, 0.717) is 0 Å². The number of rotatable bonds is 1. The Morgan fingerprint density at radius 3 is 2.81 bits per heavy atom. The monoisotopic (exact) mass is 217 g/mol. The summed E-state index contributed by atoms with van der Waals surface area (Å²) in [4.78, 5) is 4.03. The molecule has 1 fully saturated rings. The molecule has 1 aliphatic rings. The highest BCUT2D eigenvalue weighted by Crippen LogP contribution is 2.33. The van der Waals surface area contributed by atoms with Gasteiger partial charge in [0.05, 0.1) is 11.7 Å². The lowest BCUT2D eigenvalue weighted by Crippen LogP contribution is -2.40. The highest BCUT2D eigenvalue weighted by atomic mass is 15.3. The van der Waals surface area contributed by atoms with Gasteiger partial charge in [-0.25, -0.2) is 0 Å². The first-order chi connectivity index (χ1) is 7.80. The minimum Gasteiger partial charge on any atom is -0.319 e. The van der Waals surface area contributed by atoms with E-state index in [1.807, 2.05) is 10.6 Å². The molecule has 1 aliphatic carbocycles. The average Bonchev–Trinajstić information content (AvgIpc) is 2.74. The topological polar surface area (TPSA) is 69.1 Å². The molecule has 0 spiro atoms. The summed E-state index contributed by atoms with van der Waals surface area (Å²) in [6, 6.07) is 0. The molecule has 2 N–H and O–H groups in total. The fraction of sp³-hybridized carbons (Fsp3) is 0.545. The normalized spacial score (nSPS) is 20.1. The predicted molar refractivity (Wildman–Crippen MR) is 59.7 cm³/mol. The van der Waals surface area contributed by atoms with E-state index >= 15 is 0 Å². The highest BCUT2D eigenvalue weighted by molar-refractivity contribution is 5.35. The first kappa shape index (κ1) is 9.72. The van der Waals surface area contributed by atoms with E-state index in [2.05, 4.69) is 15.2 Å². The van der Waals surface area contributed by atoms with E-state index in [0.717, 1.165) is 24.3 Å². The zero-order chi connectivity index (χ0) is 11.0. The summed E-state index contributed by atoms with van der Waals surface area (Å²) in [5, 5.41) is 8.35. The van der Waals surface area contributed by atoms with Gasteiger partial charge in [-0.1, -0.05) is 19.3 Å². The molecular formula is C11H15N5. The number of nitrogens with two attached hydrogens (primary N) is 1. The van der Waals surface area contributed by atoms with Crippen LogP contribution in [0.2, 0.25) is 0 Å². The molecule has 0 bridgehead atoms. The molecule has 0 saturated heterocycles. The van der Waals surface area contributed by atoms with Gasteiger partial charge in [-0.05, 0) is 12.8 Å². The van der Waals surface area contributed by atoms with Crippen molar-refractivity contribution in [2.75, 3.05) is 0 Å². The first-order valence-corrected chi connectivity index (χ1v) is 5.74. The molecule has 3 rings (SSSR count). The van der Waals surface area contributed by atoms with Crippen LogP contribution in [0, 0.1) is 0 Å². The summed E-state index contributed by atoms with van der Waals surface area (Å²) >= 11 is 0. The molecular weight excluding hydrogens is 202 g/mol. The lowest BCUT2D eigenvalue weighted by Gasteiger charge is -2.31. The molecule has 16 heavy (non-hydrogen) atoms. The van der Waals surface area contributed by atoms with Gasteiger partial charge in [0.2, 0.25) is 0 Å². The van der Waals surface area contributed by atoms with Gasteiger partial charge in [0.15, 0.2) is 11.5 Å². The Balaban J connectivity index is 2.11. The van der Waals surface area contributed by atoms with Gasteiger partial charge in [-0.2, -0.15) is 0 Å². The van der Waals surface area contributed by atoms with Crippen LogP contribution in [-0.2, 0) is 5.54 Å². The van der Waals surface area contributed by atoms with Crippen molar-refractivity contribution < 1.29 is 0 Å². The summed E-state index contributed by atoms with van der Waals surface area (Å²) < 4.78 is 1.96. The maximum Gasteiger partial charge on any atom is 0.179 e. The van der Waals surface area contributed by atoms with Crippen molar-refractivity contribution in [2.45, 2.75) is 37.6 Å². The highest BCUT2D eigenvalue weighted by Gasteiger charge is 2.33. The van der Waals surface area contributed by atoms with Crippen LogP contribution in [0.5, 0.6) is 0 Å². The maximum atomic E-state index is 6.45. The van der Waals surface area contributed by atoms with Crippen LogP contribution in [-0.4, -0.2) is 19.6 Å². The lowest BCUT2D eigenvalue weighted by atomic mass is 9.82. The molecule has 2 aromatic rings. The zero-order valence-electron chi connectivity index (χ0n) is 9.13. The summed E-state index contributed by atoms with van der Waals surface area (Å²) in [5.74, 6) is 0.879. The maximum absolute atomic E-state index is 6.45. The van der Waals surface area contributed by atoms with E-state index in [-0.39, 0.29) is 5.54 Å². The summed E-state index contributed by atoms with van der Waals surface area (Å²) in [6.07, 6.45) is 11.0. The van der Waals surface area contributed by atoms with Crippen LogP contribution in [0.3, 0.4) is 0 Å². The van der Waals surface area contributed by atoms with Gasteiger partial charge >= 0.3 is 0 Å². The number of fused-ring (bicyclic) bond motifs is 1. The van der Waals surface area contributed by atoms with Crippen LogP contribution in [0.1, 0.15) is 37.9 Å². The number of aromatic nitrogens is 4. The molecule has 2 heterocycles. The van der Waals surface area contributed by atoms with Crippen molar-refractivity contribution in [3.8, 4) is 0 Å². The molecule has 0 amide bonds. The van der Waals surface area contributed by atoms with E-state index < -0.39 is 0 Å².